The molecule has 116 valence electrons. The summed E-state index contributed by atoms with van der Waals surface area (Å²) in [6.45, 7) is 7.55. The van der Waals surface area contributed by atoms with Gasteiger partial charge in [0, 0.05) is 5.56 Å². The van der Waals surface area contributed by atoms with Crippen LogP contribution in [0.2, 0.25) is 0 Å². The van der Waals surface area contributed by atoms with Crippen LogP contribution in [0.3, 0.4) is 0 Å². The smallest absolute Gasteiger partial charge is 0.104 e. The monoisotopic (exact) mass is 305 g/mol. The minimum Gasteiger partial charge on any atom is -0.389 e. The van der Waals surface area contributed by atoms with Gasteiger partial charge in [0.1, 0.15) is 4.99 Å². The van der Waals surface area contributed by atoms with E-state index in [1.807, 2.05) is 18.2 Å². The number of hydrogen-bond acceptors (Lipinski definition) is 2. The van der Waals surface area contributed by atoms with E-state index in [9.17, 15) is 0 Å². The van der Waals surface area contributed by atoms with Crippen molar-refractivity contribution in [2.75, 3.05) is 0 Å². The van der Waals surface area contributed by atoms with Gasteiger partial charge in [0.2, 0.25) is 0 Å². The highest BCUT2D eigenvalue weighted by Gasteiger charge is 2.31. The lowest BCUT2D eigenvalue weighted by Crippen LogP contribution is -2.34. The maximum Gasteiger partial charge on any atom is 0.104 e. The Bertz CT molecular complexity index is 486. The Morgan fingerprint density at radius 1 is 1.33 bits per heavy atom. The summed E-state index contributed by atoms with van der Waals surface area (Å²) in [5.74, 6) is 2.10. The quantitative estimate of drug-likeness (QED) is 0.824. The van der Waals surface area contributed by atoms with Crippen LogP contribution in [-0.2, 0) is 11.3 Å². The highest BCUT2D eigenvalue weighted by molar-refractivity contribution is 7.80. The van der Waals surface area contributed by atoms with Gasteiger partial charge in [0.15, 0.2) is 0 Å². The second kappa shape index (κ2) is 7.37. The highest BCUT2D eigenvalue weighted by Crippen LogP contribution is 2.35. The lowest BCUT2D eigenvalue weighted by Gasteiger charge is -2.37. The molecule has 0 aromatic heterocycles. The molecule has 1 aromatic rings. The zero-order valence-corrected chi connectivity index (χ0v) is 14.2. The molecule has 2 rings (SSSR count). The molecule has 1 fully saturated rings. The minimum atomic E-state index is 0.355. The van der Waals surface area contributed by atoms with Crippen LogP contribution in [-0.4, -0.2) is 11.1 Å². The van der Waals surface area contributed by atoms with Crippen molar-refractivity contribution in [2.45, 2.75) is 52.7 Å². The fourth-order valence-corrected chi connectivity index (χ4v) is 3.59. The van der Waals surface area contributed by atoms with Crippen molar-refractivity contribution in [1.29, 1.82) is 0 Å². The van der Waals surface area contributed by atoms with Crippen LogP contribution in [0, 0.1) is 17.8 Å². The van der Waals surface area contributed by atoms with Crippen molar-refractivity contribution in [3.05, 3.63) is 35.4 Å². The maximum atomic E-state index is 6.29. The van der Waals surface area contributed by atoms with E-state index in [0.29, 0.717) is 29.5 Å². The molecule has 1 aromatic carbocycles. The first kappa shape index (κ1) is 16.4. The Labute approximate surface area is 134 Å². The molecule has 3 heteroatoms. The van der Waals surface area contributed by atoms with Gasteiger partial charge in [-0.2, -0.15) is 0 Å². The van der Waals surface area contributed by atoms with Crippen LogP contribution in [0.5, 0.6) is 0 Å². The van der Waals surface area contributed by atoms with E-state index < -0.39 is 0 Å². The van der Waals surface area contributed by atoms with E-state index in [0.717, 1.165) is 23.5 Å². The fraction of sp³-hybridized carbons (Fsp3) is 0.611. The van der Waals surface area contributed by atoms with Gasteiger partial charge in [-0.05, 0) is 36.2 Å². The average molecular weight is 305 g/mol. The summed E-state index contributed by atoms with van der Waals surface area (Å²) >= 11 is 5.13. The van der Waals surface area contributed by atoms with Gasteiger partial charge in [-0.3, -0.25) is 0 Å². The first-order valence-corrected chi connectivity index (χ1v) is 8.39. The summed E-state index contributed by atoms with van der Waals surface area (Å²) in [5, 5.41) is 0. The molecule has 3 atom stereocenters. The molecule has 1 aliphatic carbocycles. The lowest BCUT2D eigenvalue weighted by molar-refractivity contribution is -0.0473. The molecule has 21 heavy (non-hydrogen) atoms. The van der Waals surface area contributed by atoms with E-state index in [4.69, 9.17) is 22.7 Å². The number of thiocarbonyl (C=S) groups is 1. The predicted molar refractivity (Wildman–Crippen MR) is 92.2 cm³/mol. The van der Waals surface area contributed by atoms with Gasteiger partial charge in [0.25, 0.3) is 0 Å². The van der Waals surface area contributed by atoms with Gasteiger partial charge in [0.05, 0.1) is 12.7 Å². The van der Waals surface area contributed by atoms with Crippen LogP contribution in [0.15, 0.2) is 24.3 Å². The normalized spacial score (nSPS) is 26.0. The molecule has 2 N–H and O–H groups in total. The van der Waals surface area contributed by atoms with E-state index in [1.165, 1.54) is 12.8 Å². The summed E-state index contributed by atoms with van der Waals surface area (Å²) in [6, 6.07) is 8.02. The highest BCUT2D eigenvalue weighted by atomic mass is 32.1. The number of hydrogen-bond donors (Lipinski definition) is 1. The zero-order chi connectivity index (χ0) is 15.4. The van der Waals surface area contributed by atoms with Gasteiger partial charge in [-0.1, -0.05) is 63.7 Å². The number of ether oxygens (including phenoxy) is 1. The second-order valence-electron chi connectivity index (χ2n) is 6.70. The van der Waals surface area contributed by atoms with Crippen molar-refractivity contribution in [3.8, 4) is 0 Å². The lowest BCUT2D eigenvalue weighted by atomic mass is 9.75. The third-order valence-electron chi connectivity index (χ3n) is 4.70. The largest absolute Gasteiger partial charge is 0.389 e. The van der Waals surface area contributed by atoms with Crippen molar-refractivity contribution < 1.29 is 4.74 Å². The Morgan fingerprint density at radius 2 is 2.05 bits per heavy atom. The second-order valence-corrected chi connectivity index (χ2v) is 7.14. The Hall–Kier alpha value is -0.930. The maximum absolute atomic E-state index is 6.29. The Balaban J connectivity index is 2.05. The summed E-state index contributed by atoms with van der Waals surface area (Å²) < 4.78 is 6.29. The molecule has 0 bridgehead atoms. The number of benzene rings is 1. The molecule has 3 unspecified atom stereocenters. The van der Waals surface area contributed by atoms with E-state index in [-0.39, 0.29) is 0 Å². The first-order valence-electron chi connectivity index (χ1n) is 7.98. The summed E-state index contributed by atoms with van der Waals surface area (Å²) in [7, 11) is 0. The molecule has 1 aliphatic rings. The molecule has 0 amide bonds. The van der Waals surface area contributed by atoms with Gasteiger partial charge < -0.3 is 10.5 Å². The van der Waals surface area contributed by atoms with Crippen LogP contribution < -0.4 is 5.73 Å². The van der Waals surface area contributed by atoms with Crippen LogP contribution >= 0.6 is 12.2 Å². The predicted octanol–water partition coefficient (Wildman–Crippen LogP) is 4.30. The minimum absolute atomic E-state index is 0.355. The zero-order valence-electron chi connectivity index (χ0n) is 13.3. The van der Waals surface area contributed by atoms with E-state index in [2.05, 4.69) is 26.8 Å². The molecule has 1 saturated carbocycles. The van der Waals surface area contributed by atoms with Crippen LogP contribution in [0.1, 0.15) is 51.2 Å². The number of rotatable bonds is 5. The molecule has 0 aliphatic heterocycles. The van der Waals surface area contributed by atoms with Crippen molar-refractivity contribution in [3.63, 3.8) is 0 Å². The molecule has 2 nitrogen and oxygen atoms in total. The van der Waals surface area contributed by atoms with Gasteiger partial charge >= 0.3 is 0 Å². The standard InChI is InChI=1S/C18H27NOS/c1-12(2)15-9-8-13(3)10-17(15)20-11-14-6-4-5-7-16(14)18(19)21/h4-7,12-13,15,17H,8-11H2,1-3H3,(H2,19,21). The molecule has 0 heterocycles. The fourth-order valence-electron chi connectivity index (χ4n) is 3.39. The number of nitrogens with two attached hydrogens (primary N) is 1. The third kappa shape index (κ3) is 4.27. The molecular formula is C18H27NOS. The van der Waals surface area contributed by atoms with Gasteiger partial charge in [-0.25, -0.2) is 0 Å². The molecule has 0 spiro atoms. The van der Waals surface area contributed by atoms with E-state index in [1.54, 1.807) is 0 Å². The summed E-state index contributed by atoms with van der Waals surface area (Å²) in [6.07, 6.45) is 4.12. The molecule has 0 radical (unpaired) electrons. The first-order chi connectivity index (χ1) is 9.99. The van der Waals surface area contributed by atoms with E-state index >= 15 is 0 Å². The third-order valence-corrected chi connectivity index (χ3v) is 4.92. The SMILES string of the molecule is CC1CCC(C(C)C)C(OCc2ccccc2C(N)=S)C1. The van der Waals surface area contributed by atoms with Crippen LogP contribution in [0.25, 0.3) is 0 Å². The Kier molecular flexibility index (Phi) is 5.77. The van der Waals surface area contributed by atoms with Gasteiger partial charge in [-0.15, -0.1) is 0 Å². The molecule has 0 saturated heterocycles. The Morgan fingerprint density at radius 3 is 2.71 bits per heavy atom. The van der Waals surface area contributed by atoms with Crippen LogP contribution in [0.4, 0.5) is 0 Å². The summed E-state index contributed by atoms with van der Waals surface area (Å²) in [5.41, 5.74) is 7.84. The van der Waals surface area contributed by atoms with Crippen molar-refractivity contribution >= 4 is 17.2 Å². The topological polar surface area (TPSA) is 35.2 Å². The summed E-state index contributed by atoms with van der Waals surface area (Å²) in [4.78, 5) is 0.451. The van der Waals surface area contributed by atoms with Crippen molar-refractivity contribution in [2.24, 2.45) is 23.5 Å². The average Bonchev–Trinajstić information content (AvgIpc) is 2.45. The molecular weight excluding hydrogens is 278 g/mol. The van der Waals surface area contributed by atoms with Crippen molar-refractivity contribution in [1.82, 2.24) is 0 Å².